The van der Waals surface area contributed by atoms with Gasteiger partial charge >= 0.3 is 5.97 Å². The molecule has 7 aromatic rings. The van der Waals surface area contributed by atoms with Crippen molar-refractivity contribution in [1.29, 1.82) is 0 Å². The highest BCUT2D eigenvalue weighted by molar-refractivity contribution is 7.92. The molecule has 4 fully saturated rings. The van der Waals surface area contributed by atoms with Gasteiger partial charge in [0.1, 0.15) is 18.9 Å². The van der Waals surface area contributed by atoms with Crippen molar-refractivity contribution in [3.63, 3.8) is 0 Å². The zero-order valence-electron chi connectivity index (χ0n) is 52.8. The molecule has 0 bridgehead atoms. The fourth-order valence-corrected chi connectivity index (χ4v) is 15.7. The van der Waals surface area contributed by atoms with Crippen LogP contribution in [0.1, 0.15) is 99.0 Å². The molecule has 29 heteroatoms. The molecule has 4 aliphatic heterocycles. The van der Waals surface area contributed by atoms with Crippen LogP contribution in [-0.4, -0.2) is 189 Å². The van der Waals surface area contributed by atoms with Gasteiger partial charge in [-0.3, -0.25) is 43.0 Å². The molecule has 4 aliphatic rings. The van der Waals surface area contributed by atoms with E-state index in [-0.39, 0.29) is 96.5 Å². The van der Waals surface area contributed by atoms with Crippen molar-refractivity contribution in [3.05, 3.63) is 89.3 Å². The third-order valence-electron chi connectivity index (χ3n) is 18.4. The molecular weight excluding hydrogens is 1250 g/mol. The lowest BCUT2D eigenvalue weighted by molar-refractivity contribution is -0.144. The number of rotatable bonds is 21. The number of likely N-dealkylation sites (tertiary alicyclic amines) is 4. The smallest absolute Gasteiger partial charge is 0.325 e. The maximum atomic E-state index is 16.2. The number of carbonyl (C=O) groups excluding carboxylic acids is 7. The maximum Gasteiger partial charge on any atom is 0.325 e. The fraction of sp³-hybridized carbons (Fsp3) is 0.477. The number of fused-ring (bicyclic) bond motifs is 2. The van der Waals surface area contributed by atoms with E-state index in [1.165, 1.54) is 52.3 Å². The molecule has 0 atom stereocenters. The van der Waals surface area contributed by atoms with Crippen molar-refractivity contribution in [2.75, 3.05) is 95.3 Å². The molecule has 0 aliphatic carbocycles. The molecular formula is C65H77F2N15O10S2. The largest absolute Gasteiger partial charge is 0.468 e. The van der Waals surface area contributed by atoms with Gasteiger partial charge in [0.05, 0.1) is 69.3 Å². The Hall–Kier alpha value is -8.83. The summed E-state index contributed by atoms with van der Waals surface area (Å²) in [6.45, 7) is 8.24. The summed E-state index contributed by atoms with van der Waals surface area (Å²) < 4.78 is 66.9. The van der Waals surface area contributed by atoms with E-state index in [2.05, 4.69) is 45.2 Å². The van der Waals surface area contributed by atoms with E-state index in [1.807, 2.05) is 14.7 Å². The number of thiazole rings is 1. The summed E-state index contributed by atoms with van der Waals surface area (Å²) in [5.74, 6) is -3.35. The molecule has 11 rings (SSSR count). The van der Waals surface area contributed by atoms with Gasteiger partial charge in [0.25, 0.3) is 0 Å². The van der Waals surface area contributed by atoms with Crippen LogP contribution in [0.25, 0.3) is 54.8 Å². The minimum Gasteiger partial charge on any atom is -0.468 e. The molecule has 0 spiro atoms. The second-order valence-corrected chi connectivity index (χ2v) is 27.5. The minimum atomic E-state index is -3.77. The first-order valence-electron chi connectivity index (χ1n) is 32.0. The summed E-state index contributed by atoms with van der Waals surface area (Å²) in [5, 5.41) is 15.4. The number of halogens is 2. The number of ether oxygens (including phenoxy) is 1. The number of anilines is 2. The van der Waals surface area contributed by atoms with Crippen molar-refractivity contribution in [1.82, 2.24) is 64.7 Å². The van der Waals surface area contributed by atoms with Gasteiger partial charge in [-0.05, 0) is 126 Å². The quantitative estimate of drug-likeness (QED) is 0.0568. The van der Waals surface area contributed by atoms with Gasteiger partial charge in [-0.15, -0.1) is 11.3 Å². The predicted molar refractivity (Wildman–Crippen MR) is 348 cm³/mol. The number of methoxy groups -OCH3 is 1. The fourth-order valence-electron chi connectivity index (χ4n) is 13.3. The third kappa shape index (κ3) is 15.2. The van der Waals surface area contributed by atoms with Crippen molar-refractivity contribution in [3.8, 4) is 33.0 Å². The van der Waals surface area contributed by atoms with E-state index in [9.17, 15) is 42.0 Å². The van der Waals surface area contributed by atoms with Gasteiger partial charge in [0.15, 0.2) is 5.82 Å². The Bertz CT molecular complexity index is 4130. The highest BCUT2D eigenvalue weighted by Gasteiger charge is 2.37. The number of benzene rings is 3. The zero-order chi connectivity index (χ0) is 66.4. The molecule has 4 saturated heterocycles. The van der Waals surface area contributed by atoms with Crippen LogP contribution < -0.4 is 21.1 Å². The Balaban J connectivity index is 0.605. The SMILES string of the molecule is CCCS(=O)(=O)Nc1cccc(-c2nc(C3CCN(C(=O)C4CCN(C(=O)C5CCN(CC6CCN(C(=O)CCC(=O)n7ncc8cc(F)c(-c9cccc%10c9c(C)nn%10CC(=O)NCC(=O)NCC(=O)OC)cc87)CC6)CC5)CC4)CC3)sc2-c2ccnc(N)n2)c1F. The number of nitrogens with zero attached hydrogens (tertiary/aromatic N) is 11. The van der Waals surface area contributed by atoms with Gasteiger partial charge in [-0.1, -0.05) is 25.1 Å². The summed E-state index contributed by atoms with van der Waals surface area (Å²) in [5.41, 5.74) is 8.77. The first-order valence-corrected chi connectivity index (χ1v) is 34.4. The minimum absolute atomic E-state index is 0.0142. The van der Waals surface area contributed by atoms with Crippen LogP contribution in [0.3, 0.4) is 0 Å². The number of nitrogens with two attached hydrogens (primary N) is 1. The number of aryl methyl sites for hydroxylation is 1. The van der Waals surface area contributed by atoms with Gasteiger partial charge in [-0.25, -0.2) is 36.8 Å². The molecule has 5 N–H and O–H groups in total. The number of amides is 5. The van der Waals surface area contributed by atoms with Crippen LogP contribution in [0.2, 0.25) is 0 Å². The van der Waals surface area contributed by atoms with Gasteiger partial charge < -0.3 is 40.7 Å². The first kappa shape index (κ1) is 66.6. The lowest BCUT2D eigenvalue weighted by Gasteiger charge is -2.40. The molecule has 8 heterocycles. The summed E-state index contributed by atoms with van der Waals surface area (Å²) in [6, 6.07) is 14.2. The average molecular weight is 1330 g/mol. The lowest BCUT2D eigenvalue weighted by Crippen LogP contribution is -2.49. The highest BCUT2D eigenvalue weighted by atomic mass is 32.2. The monoisotopic (exact) mass is 1330 g/mol. The van der Waals surface area contributed by atoms with Crippen molar-refractivity contribution >= 4 is 96.2 Å². The molecule has 498 valence electrons. The number of esters is 1. The van der Waals surface area contributed by atoms with E-state index >= 15 is 8.78 Å². The molecule has 0 unspecified atom stereocenters. The van der Waals surface area contributed by atoms with Gasteiger partial charge in [0, 0.05) is 105 Å². The average Bonchev–Trinajstić information content (AvgIpc) is 1.56. The number of sulfonamides is 1. The molecule has 4 aromatic heterocycles. The van der Waals surface area contributed by atoms with Crippen LogP contribution in [0.15, 0.2) is 67.0 Å². The molecule has 94 heavy (non-hydrogen) atoms. The third-order valence-corrected chi connectivity index (χ3v) is 21.1. The molecule has 0 saturated carbocycles. The Morgan fingerprint density at radius 2 is 1.38 bits per heavy atom. The van der Waals surface area contributed by atoms with E-state index in [0.29, 0.717) is 127 Å². The zero-order valence-corrected chi connectivity index (χ0v) is 54.4. The molecule has 0 radical (unpaired) electrons. The maximum absolute atomic E-state index is 16.2. The Labute approximate surface area is 546 Å². The number of aromatic nitrogens is 7. The standard InChI is InChI=1S/C65H77F2N15O10S2/c1-4-31-94(90,91)76-49-9-5-8-46(59(49)67)60-61(50-13-22-69-65(68)73-50)93-62(74-60)41-18-27-79(28-19-41)64(89)43-20-29-80(30-21-43)63(88)42-16-23-77(24-17-42)37-40-14-25-78(26-15-40)55(85)11-12-56(86)82-52-33-47(48(66)32-44(52)34-72-82)45-7-6-10-51-58(45)39(2)75-81(51)38-54(84)70-35-53(83)71-36-57(87)92-3/h5-10,13,22,32-34,40-43,76H,4,11-12,14-21,23-31,35-38H2,1-3H3,(H,70,84)(H,71,83)(H2,68,69,73). The van der Waals surface area contributed by atoms with Crippen LogP contribution >= 0.6 is 11.3 Å². The van der Waals surface area contributed by atoms with E-state index < -0.39 is 45.3 Å². The van der Waals surface area contributed by atoms with Crippen molar-refractivity contribution in [2.24, 2.45) is 17.8 Å². The predicted octanol–water partition coefficient (Wildman–Crippen LogP) is 6.38. The summed E-state index contributed by atoms with van der Waals surface area (Å²) in [7, 11) is -2.58. The van der Waals surface area contributed by atoms with Crippen molar-refractivity contribution < 1.29 is 55.5 Å². The van der Waals surface area contributed by atoms with Gasteiger partial charge in [-0.2, -0.15) is 10.2 Å². The highest BCUT2D eigenvalue weighted by Crippen LogP contribution is 2.43. The Morgan fingerprint density at radius 3 is 2.07 bits per heavy atom. The molecule has 25 nitrogen and oxygen atoms in total. The summed E-state index contributed by atoms with van der Waals surface area (Å²) >= 11 is 1.38. The number of nitrogen functional groups attached to an aromatic ring is 1. The lowest BCUT2D eigenvalue weighted by atomic mass is 9.89. The van der Waals surface area contributed by atoms with Crippen LogP contribution in [-0.2, 0) is 50.1 Å². The Morgan fingerprint density at radius 1 is 0.734 bits per heavy atom. The van der Waals surface area contributed by atoms with Gasteiger partial charge in [0.2, 0.25) is 51.4 Å². The van der Waals surface area contributed by atoms with E-state index in [4.69, 9.17) is 10.7 Å². The normalized spacial score (nSPS) is 16.6. The van der Waals surface area contributed by atoms with Crippen LogP contribution in [0.4, 0.5) is 20.4 Å². The van der Waals surface area contributed by atoms with E-state index in [0.717, 1.165) is 50.3 Å². The summed E-state index contributed by atoms with van der Waals surface area (Å²) in [6.07, 6.45) is 8.83. The Kier molecular flexibility index (Phi) is 20.7. The second kappa shape index (κ2) is 29.2. The molecule has 3 aromatic carbocycles. The van der Waals surface area contributed by atoms with Crippen LogP contribution in [0.5, 0.6) is 0 Å². The molecule has 5 amide bonds. The number of nitrogens with one attached hydrogen (secondary N) is 3. The first-order chi connectivity index (χ1) is 45.2. The number of carbonyl (C=O) groups is 7. The number of hydrogen-bond donors (Lipinski definition) is 4. The summed E-state index contributed by atoms with van der Waals surface area (Å²) in [4.78, 5) is 114. The van der Waals surface area contributed by atoms with Crippen molar-refractivity contribution in [2.45, 2.75) is 96.9 Å². The van der Waals surface area contributed by atoms with Crippen LogP contribution in [0, 0.1) is 36.3 Å². The number of hydrogen-bond acceptors (Lipinski definition) is 18. The second-order valence-electron chi connectivity index (χ2n) is 24.6. The topological polar surface area (TPSA) is 312 Å². The van der Waals surface area contributed by atoms with E-state index in [1.54, 1.807) is 56.3 Å². The number of piperidine rings is 4.